The van der Waals surface area contributed by atoms with E-state index in [1.165, 1.54) is 18.9 Å². The fourth-order valence-corrected chi connectivity index (χ4v) is 5.32. The van der Waals surface area contributed by atoms with E-state index in [1.807, 2.05) is 31.5 Å². The Morgan fingerprint density at radius 3 is 2.65 bits per heavy atom. The lowest BCUT2D eigenvalue weighted by molar-refractivity contribution is -0.140. The SMILES string of the molecule is COC(=O)CCSc1cnc(N2CCC3(CC2)Cn2nccc2[C@H]3NC(=O)OC(C)(C)C)cn1. The summed E-state index contributed by atoms with van der Waals surface area (Å²) in [5.41, 5.74) is 0.350. The van der Waals surface area contributed by atoms with Crippen LogP contribution in [0.3, 0.4) is 0 Å². The first kappa shape index (κ1) is 24.3. The van der Waals surface area contributed by atoms with Gasteiger partial charge in [-0.25, -0.2) is 14.8 Å². The zero-order valence-electron chi connectivity index (χ0n) is 20.1. The van der Waals surface area contributed by atoms with E-state index >= 15 is 0 Å². The molecule has 1 saturated heterocycles. The molecule has 0 aromatic carbocycles. The molecule has 0 radical (unpaired) electrons. The van der Waals surface area contributed by atoms with Crippen LogP contribution in [0.1, 0.15) is 51.8 Å². The molecule has 1 amide bonds. The molecule has 2 aliphatic rings. The first-order valence-electron chi connectivity index (χ1n) is 11.5. The smallest absolute Gasteiger partial charge is 0.408 e. The molecule has 4 heterocycles. The first-order valence-corrected chi connectivity index (χ1v) is 12.5. The standard InChI is InChI=1S/C23H32N6O4S/c1-22(2,3)33-21(31)27-20-16-5-9-26-29(16)15-23(20)7-10-28(11-8-23)17-13-25-18(14-24-17)34-12-6-19(30)32-4/h5,9,13-14,20H,6-8,10-12,15H2,1-4H3,(H,27,31)/t20-/m1/s1. The summed E-state index contributed by atoms with van der Waals surface area (Å²) in [6, 6.07) is 1.83. The molecule has 0 bridgehead atoms. The number of carbonyl (C=O) groups excluding carboxylic acids is 2. The highest BCUT2D eigenvalue weighted by atomic mass is 32.2. The van der Waals surface area contributed by atoms with Crippen molar-refractivity contribution in [2.45, 2.75) is 63.2 Å². The van der Waals surface area contributed by atoms with Crippen molar-refractivity contribution in [2.24, 2.45) is 5.41 Å². The van der Waals surface area contributed by atoms with Crippen molar-refractivity contribution in [3.63, 3.8) is 0 Å². The number of aromatic nitrogens is 4. The van der Waals surface area contributed by atoms with Gasteiger partial charge in [-0.3, -0.25) is 9.48 Å². The molecule has 4 rings (SSSR count). The number of methoxy groups -OCH3 is 1. The van der Waals surface area contributed by atoms with Gasteiger partial charge in [0.1, 0.15) is 16.4 Å². The molecule has 2 aromatic rings. The van der Waals surface area contributed by atoms with Crippen molar-refractivity contribution in [3.8, 4) is 0 Å². The number of amides is 1. The predicted octanol–water partition coefficient (Wildman–Crippen LogP) is 3.19. The van der Waals surface area contributed by atoms with Gasteiger partial charge in [-0.1, -0.05) is 0 Å². The molecular weight excluding hydrogens is 456 g/mol. The molecule has 34 heavy (non-hydrogen) atoms. The fraction of sp³-hybridized carbons (Fsp3) is 0.609. The number of alkyl carbamates (subject to hydrolysis) is 1. The van der Waals surface area contributed by atoms with E-state index in [1.54, 1.807) is 18.6 Å². The summed E-state index contributed by atoms with van der Waals surface area (Å²) in [7, 11) is 1.39. The van der Waals surface area contributed by atoms with Crippen LogP contribution in [0.15, 0.2) is 29.7 Å². The van der Waals surface area contributed by atoms with Gasteiger partial charge in [0.05, 0.1) is 37.7 Å². The number of rotatable bonds is 6. The van der Waals surface area contributed by atoms with Crippen LogP contribution < -0.4 is 10.2 Å². The summed E-state index contributed by atoms with van der Waals surface area (Å²) >= 11 is 1.48. The predicted molar refractivity (Wildman–Crippen MR) is 128 cm³/mol. The van der Waals surface area contributed by atoms with E-state index in [4.69, 9.17) is 4.74 Å². The van der Waals surface area contributed by atoms with Crippen molar-refractivity contribution in [1.29, 1.82) is 0 Å². The van der Waals surface area contributed by atoms with Crippen LogP contribution in [-0.2, 0) is 20.8 Å². The summed E-state index contributed by atoms with van der Waals surface area (Å²) in [6.45, 7) is 7.98. The summed E-state index contributed by atoms with van der Waals surface area (Å²) in [4.78, 5) is 35.2. The van der Waals surface area contributed by atoms with Gasteiger partial charge in [-0.15, -0.1) is 11.8 Å². The number of esters is 1. The van der Waals surface area contributed by atoms with E-state index in [-0.39, 0.29) is 17.4 Å². The van der Waals surface area contributed by atoms with Crippen LogP contribution in [0, 0.1) is 5.41 Å². The number of carbonyl (C=O) groups is 2. The molecule has 2 aromatic heterocycles. The maximum Gasteiger partial charge on any atom is 0.408 e. The fourth-order valence-electron chi connectivity index (χ4n) is 4.59. The number of thioether (sulfide) groups is 1. The molecule has 2 aliphatic heterocycles. The average Bonchev–Trinajstić information content (AvgIpc) is 3.34. The molecule has 10 nitrogen and oxygen atoms in total. The van der Waals surface area contributed by atoms with Crippen molar-refractivity contribution in [2.75, 3.05) is 30.9 Å². The Hall–Kier alpha value is -2.82. The van der Waals surface area contributed by atoms with Gasteiger partial charge in [0.2, 0.25) is 0 Å². The molecule has 1 atom stereocenters. The summed E-state index contributed by atoms with van der Waals surface area (Å²) in [5.74, 6) is 1.21. The second kappa shape index (κ2) is 9.81. The number of hydrogen-bond donors (Lipinski definition) is 1. The highest BCUT2D eigenvalue weighted by Gasteiger charge is 2.49. The molecule has 0 saturated carbocycles. The highest BCUT2D eigenvalue weighted by molar-refractivity contribution is 7.99. The number of nitrogens with one attached hydrogen (secondary N) is 1. The van der Waals surface area contributed by atoms with Gasteiger partial charge in [0, 0.05) is 37.0 Å². The Labute approximate surface area is 203 Å². The maximum absolute atomic E-state index is 12.6. The quantitative estimate of drug-likeness (QED) is 0.484. The lowest BCUT2D eigenvalue weighted by Crippen LogP contribution is -2.48. The molecule has 11 heteroatoms. The Balaban J connectivity index is 1.38. The zero-order chi connectivity index (χ0) is 24.3. The van der Waals surface area contributed by atoms with Crippen LogP contribution in [-0.4, -0.2) is 63.4 Å². The topological polar surface area (TPSA) is 111 Å². The van der Waals surface area contributed by atoms with Crippen molar-refractivity contribution in [3.05, 3.63) is 30.4 Å². The lowest BCUT2D eigenvalue weighted by atomic mass is 9.73. The van der Waals surface area contributed by atoms with Crippen LogP contribution in [0.4, 0.5) is 10.6 Å². The minimum Gasteiger partial charge on any atom is -0.469 e. The van der Waals surface area contributed by atoms with Gasteiger partial charge >= 0.3 is 12.1 Å². The second-order valence-electron chi connectivity index (χ2n) is 9.73. The van der Waals surface area contributed by atoms with Gasteiger partial charge in [0.15, 0.2) is 0 Å². The largest absolute Gasteiger partial charge is 0.469 e. The van der Waals surface area contributed by atoms with E-state index in [9.17, 15) is 9.59 Å². The number of nitrogens with zero attached hydrogens (tertiary/aromatic N) is 5. The highest BCUT2D eigenvalue weighted by Crippen LogP contribution is 2.49. The number of fused-ring (bicyclic) bond motifs is 1. The van der Waals surface area contributed by atoms with E-state index in [0.717, 1.165) is 49.0 Å². The van der Waals surface area contributed by atoms with E-state index in [0.29, 0.717) is 12.2 Å². The zero-order valence-corrected chi connectivity index (χ0v) is 20.9. The molecular formula is C23H32N6O4S. The number of anilines is 1. The Kier molecular flexibility index (Phi) is 7.01. The van der Waals surface area contributed by atoms with E-state index in [2.05, 4.69) is 30.0 Å². The Morgan fingerprint density at radius 1 is 1.24 bits per heavy atom. The van der Waals surface area contributed by atoms with Crippen molar-refractivity contribution in [1.82, 2.24) is 25.1 Å². The molecule has 184 valence electrons. The third kappa shape index (κ3) is 5.45. The number of ether oxygens (including phenoxy) is 2. The van der Waals surface area contributed by atoms with E-state index < -0.39 is 11.7 Å². The molecule has 1 spiro atoms. The van der Waals surface area contributed by atoms with Crippen LogP contribution in [0.5, 0.6) is 0 Å². The third-order valence-corrected chi connectivity index (χ3v) is 7.18. The molecule has 0 aliphatic carbocycles. The van der Waals surface area contributed by atoms with Crippen LogP contribution >= 0.6 is 11.8 Å². The third-order valence-electron chi connectivity index (χ3n) is 6.26. The maximum atomic E-state index is 12.6. The summed E-state index contributed by atoms with van der Waals surface area (Å²) in [5, 5.41) is 8.37. The molecule has 1 fully saturated rings. The van der Waals surface area contributed by atoms with Crippen molar-refractivity contribution < 1.29 is 19.1 Å². The minimum absolute atomic E-state index is 0.117. The van der Waals surface area contributed by atoms with Crippen molar-refractivity contribution >= 4 is 29.6 Å². The van der Waals surface area contributed by atoms with Gasteiger partial charge in [0.25, 0.3) is 0 Å². The second-order valence-corrected chi connectivity index (χ2v) is 10.8. The van der Waals surface area contributed by atoms with Crippen LogP contribution in [0.2, 0.25) is 0 Å². The normalized spacial score (nSPS) is 19.1. The number of hydrogen-bond acceptors (Lipinski definition) is 9. The molecule has 1 N–H and O–H groups in total. The summed E-state index contributed by atoms with van der Waals surface area (Å²) in [6.07, 6.45) is 7.02. The van der Waals surface area contributed by atoms with Gasteiger partial charge in [-0.05, 0) is 39.7 Å². The Morgan fingerprint density at radius 2 is 2.00 bits per heavy atom. The molecule has 0 unspecified atom stereocenters. The Bertz CT molecular complexity index is 1010. The van der Waals surface area contributed by atoms with Crippen LogP contribution in [0.25, 0.3) is 0 Å². The van der Waals surface area contributed by atoms with Gasteiger partial charge in [-0.2, -0.15) is 5.10 Å². The first-order chi connectivity index (χ1) is 16.2. The monoisotopic (exact) mass is 488 g/mol. The summed E-state index contributed by atoms with van der Waals surface area (Å²) < 4.78 is 12.2. The van der Waals surface area contributed by atoms with Gasteiger partial charge < -0.3 is 19.7 Å². The average molecular weight is 489 g/mol. The lowest BCUT2D eigenvalue weighted by Gasteiger charge is -2.43. The minimum atomic E-state index is -0.554. The number of piperidine rings is 1.